The molecular formula is C10H8Br2O2. The van der Waals surface area contributed by atoms with Gasteiger partial charge in [-0.1, -0.05) is 12.1 Å². The van der Waals surface area contributed by atoms with E-state index in [9.17, 15) is 9.59 Å². The molecular weight excluding hydrogens is 312 g/mol. The van der Waals surface area contributed by atoms with Crippen molar-refractivity contribution in [2.75, 3.05) is 0 Å². The monoisotopic (exact) mass is 318 g/mol. The molecule has 0 fully saturated rings. The zero-order valence-corrected chi connectivity index (χ0v) is 10.7. The van der Waals surface area contributed by atoms with Gasteiger partial charge in [0.05, 0.1) is 6.42 Å². The summed E-state index contributed by atoms with van der Waals surface area (Å²) in [5.74, 6) is -0.285. The quantitative estimate of drug-likeness (QED) is 0.632. The Bertz CT molecular complexity index is 386. The highest BCUT2D eigenvalue weighted by molar-refractivity contribution is 9.13. The lowest BCUT2D eigenvalue weighted by atomic mass is 10.1. The number of ketones is 2. The molecule has 2 nitrogen and oxygen atoms in total. The number of benzene rings is 1. The van der Waals surface area contributed by atoms with Gasteiger partial charge in [-0.3, -0.25) is 9.59 Å². The maximum Gasteiger partial charge on any atom is 0.171 e. The van der Waals surface area contributed by atoms with Gasteiger partial charge in [0.2, 0.25) is 0 Å². The molecule has 1 aromatic carbocycles. The molecule has 0 unspecified atom stereocenters. The van der Waals surface area contributed by atoms with E-state index in [1.54, 1.807) is 12.1 Å². The Kier molecular flexibility index (Phi) is 4.01. The number of hydrogen-bond donors (Lipinski definition) is 0. The van der Waals surface area contributed by atoms with Crippen LogP contribution >= 0.6 is 31.9 Å². The highest BCUT2D eigenvalue weighted by Crippen LogP contribution is 2.27. The first-order valence-corrected chi connectivity index (χ1v) is 5.57. The van der Waals surface area contributed by atoms with Gasteiger partial charge >= 0.3 is 0 Å². The normalized spacial score (nSPS) is 9.93. The lowest BCUT2D eigenvalue weighted by Gasteiger charge is -2.03. The standard InChI is InChI=1S/C10H8Br2O2/c1-6(13)5-9(14)7-3-2-4-8(11)10(7)12/h2-4H,5H2,1H3. The predicted molar refractivity (Wildman–Crippen MR) is 61.5 cm³/mol. The average Bonchev–Trinajstić information content (AvgIpc) is 2.08. The number of rotatable bonds is 3. The summed E-state index contributed by atoms with van der Waals surface area (Å²) >= 11 is 6.59. The first kappa shape index (κ1) is 11.6. The molecule has 0 aliphatic heterocycles. The van der Waals surface area contributed by atoms with Crippen LogP contribution in [0.25, 0.3) is 0 Å². The summed E-state index contributed by atoms with van der Waals surface area (Å²) < 4.78 is 1.51. The molecule has 1 rings (SSSR count). The summed E-state index contributed by atoms with van der Waals surface area (Å²) in [4.78, 5) is 22.3. The number of hydrogen-bond acceptors (Lipinski definition) is 2. The molecule has 1 aromatic rings. The molecule has 0 amide bonds. The minimum atomic E-state index is -0.161. The lowest BCUT2D eigenvalue weighted by molar-refractivity contribution is -0.116. The third-order valence-electron chi connectivity index (χ3n) is 1.66. The van der Waals surface area contributed by atoms with Gasteiger partial charge in [-0.15, -0.1) is 0 Å². The first-order chi connectivity index (χ1) is 6.52. The zero-order chi connectivity index (χ0) is 10.7. The van der Waals surface area contributed by atoms with Crippen LogP contribution in [0.1, 0.15) is 23.7 Å². The fourth-order valence-corrected chi connectivity index (χ4v) is 1.89. The van der Waals surface area contributed by atoms with E-state index >= 15 is 0 Å². The van der Waals surface area contributed by atoms with Crippen molar-refractivity contribution in [2.24, 2.45) is 0 Å². The topological polar surface area (TPSA) is 34.1 Å². The highest BCUT2D eigenvalue weighted by Gasteiger charge is 2.13. The number of Topliss-reactive ketones (excluding diaryl/α,β-unsaturated/α-hetero) is 2. The second-order valence-corrected chi connectivity index (χ2v) is 4.55. The summed E-state index contributed by atoms with van der Waals surface area (Å²) in [5, 5.41) is 0. The molecule has 0 aromatic heterocycles. The molecule has 0 aliphatic rings. The van der Waals surface area contributed by atoms with E-state index in [2.05, 4.69) is 31.9 Å². The summed E-state index contributed by atoms with van der Waals surface area (Å²) in [6.07, 6.45) is -0.0466. The minimum Gasteiger partial charge on any atom is -0.300 e. The molecule has 0 atom stereocenters. The van der Waals surface area contributed by atoms with Crippen molar-refractivity contribution in [1.29, 1.82) is 0 Å². The van der Waals surface area contributed by atoms with Gasteiger partial charge in [-0.2, -0.15) is 0 Å². The fourth-order valence-electron chi connectivity index (χ4n) is 1.04. The Morgan fingerprint density at radius 1 is 1.29 bits per heavy atom. The van der Waals surface area contributed by atoms with Crippen molar-refractivity contribution in [3.05, 3.63) is 32.7 Å². The van der Waals surface area contributed by atoms with Crippen molar-refractivity contribution in [2.45, 2.75) is 13.3 Å². The molecule has 4 heteroatoms. The minimum absolute atomic E-state index is 0.0466. The van der Waals surface area contributed by atoms with Gasteiger partial charge in [0.15, 0.2) is 5.78 Å². The maximum absolute atomic E-state index is 11.6. The summed E-state index contributed by atoms with van der Waals surface area (Å²) in [7, 11) is 0. The average molecular weight is 320 g/mol. The van der Waals surface area contributed by atoms with Crippen molar-refractivity contribution >= 4 is 43.4 Å². The number of halogens is 2. The van der Waals surface area contributed by atoms with Gasteiger partial charge in [-0.05, 0) is 44.8 Å². The Morgan fingerprint density at radius 3 is 2.50 bits per heavy atom. The van der Waals surface area contributed by atoms with E-state index in [1.807, 2.05) is 6.07 Å². The molecule has 0 bridgehead atoms. The smallest absolute Gasteiger partial charge is 0.171 e. The third kappa shape index (κ3) is 2.75. The van der Waals surface area contributed by atoms with Crippen LogP contribution in [0.2, 0.25) is 0 Å². The van der Waals surface area contributed by atoms with E-state index in [0.717, 1.165) is 4.47 Å². The van der Waals surface area contributed by atoms with Crippen LogP contribution in [-0.4, -0.2) is 11.6 Å². The Morgan fingerprint density at radius 2 is 1.93 bits per heavy atom. The highest BCUT2D eigenvalue weighted by atomic mass is 79.9. The fraction of sp³-hybridized carbons (Fsp3) is 0.200. The molecule has 14 heavy (non-hydrogen) atoms. The van der Waals surface area contributed by atoms with Crippen LogP contribution in [0.4, 0.5) is 0 Å². The summed E-state index contributed by atoms with van der Waals surface area (Å²) in [5.41, 5.74) is 0.537. The van der Waals surface area contributed by atoms with Gasteiger partial charge in [0.25, 0.3) is 0 Å². The van der Waals surface area contributed by atoms with Crippen LogP contribution in [-0.2, 0) is 4.79 Å². The molecule has 0 saturated heterocycles. The molecule has 0 heterocycles. The van der Waals surface area contributed by atoms with Gasteiger partial charge in [0.1, 0.15) is 5.78 Å². The van der Waals surface area contributed by atoms with E-state index in [4.69, 9.17) is 0 Å². The van der Waals surface area contributed by atoms with Crippen LogP contribution in [0.3, 0.4) is 0 Å². The second kappa shape index (κ2) is 4.84. The van der Waals surface area contributed by atoms with Crippen molar-refractivity contribution in [3.8, 4) is 0 Å². The van der Waals surface area contributed by atoms with Crippen molar-refractivity contribution in [1.82, 2.24) is 0 Å². The molecule has 0 aliphatic carbocycles. The van der Waals surface area contributed by atoms with E-state index in [1.165, 1.54) is 6.92 Å². The largest absolute Gasteiger partial charge is 0.300 e. The lowest BCUT2D eigenvalue weighted by Crippen LogP contribution is -2.05. The molecule has 0 spiro atoms. The van der Waals surface area contributed by atoms with Crippen LogP contribution < -0.4 is 0 Å². The Balaban J connectivity index is 3.01. The van der Waals surface area contributed by atoms with Gasteiger partial charge < -0.3 is 0 Å². The van der Waals surface area contributed by atoms with Gasteiger partial charge in [-0.25, -0.2) is 0 Å². The Labute approximate surface area is 98.9 Å². The van der Waals surface area contributed by atoms with E-state index < -0.39 is 0 Å². The third-order valence-corrected chi connectivity index (χ3v) is 3.71. The number of carbonyl (C=O) groups is 2. The predicted octanol–water partition coefficient (Wildman–Crippen LogP) is 3.37. The maximum atomic E-state index is 11.6. The van der Waals surface area contributed by atoms with Crippen LogP contribution in [0.15, 0.2) is 27.1 Å². The van der Waals surface area contributed by atoms with Crippen LogP contribution in [0.5, 0.6) is 0 Å². The van der Waals surface area contributed by atoms with Gasteiger partial charge in [0, 0.05) is 14.5 Å². The van der Waals surface area contributed by atoms with Crippen molar-refractivity contribution in [3.63, 3.8) is 0 Å². The summed E-state index contributed by atoms with van der Waals surface area (Å²) in [6, 6.07) is 5.29. The Hall–Kier alpha value is -0.480. The summed E-state index contributed by atoms with van der Waals surface area (Å²) in [6.45, 7) is 1.41. The zero-order valence-electron chi connectivity index (χ0n) is 7.51. The molecule has 0 saturated carbocycles. The molecule has 0 radical (unpaired) electrons. The number of carbonyl (C=O) groups excluding carboxylic acids is 2. The van der Waals surface area contributed by atoms with E-state index in [-0.39, 0.29) is 18.0 Å². The molecule has 0 N–H and O–H groups in total. The van der Waals surface area contributed by atoms with E-state index in [0.29, 0.717) is 10.0 Å². The van der Waals surface area contributed by atoms with Crippen molar-refractivity contribution < 1.29 is 9.59 Å². The first-order valence-electron chi connectivity index (χ1n) is 3.99. The second-order valence-electron chi connectivity index (χ2n) is 2.90. The molecule has 74 valence electrons. The SMILES string of the molecule is CC(=O)CC(=O)c1cccc(Br)c1Br. The van der Waals surface area contributed by atoms with Crippen LogP contribution in [0, 0.1) is 0 Å².